The van der Waals surface area contributed by atoms with Crippen LogP contribution in [0.15, 0.2) is 60.7 Å². The fourth-order valence-corrected chi connectivity index (χ4v) is 13.6. The van der Waals surface area contributed by atoms with Gasteiger partial charge in [-0.1, -0.05) is 0 Å². The molecule has 0 heterocycles. The molecule has 0 saturated heterocycles. The summed E-state index contributed by atoms with van der Waals surface area (Å²) >= 11 is -4.51. The van der Waals surface area contributed by atoms with Crippen molar-refractivity contribution in [2.75, 3.05) is 0 Å². The van der Waals surface area contributed by atoms with Crippen molar-refractivity contribution in [3.63, 3.8) is 0 Å². The molecule has 2 rings (SSSR count). The maximum atomic E-state index is 13.5. The van der Waals surface area contributed by atoms with Gasteiger partial charge < -0.3 is 0 Å². The monoisotopic (exact) mass is 620 g/mol. The van der Waals surface area contributed by atoms with Gasteiger partial charge >= 0.3 is 224 Å². The van der Waals surface area contributed by atoms with Crippen LogP contribution in [0.4, 0.5) is 0 Å². The number of hydrogen-bond acceptors (Lipinski definition) is 8. The van der Waals surface area contributed by atoms with Gasteiger partial charge in [0, 0.05) is 0 Å². The number of unbranched alkanes of at least 4 members (excludes halogenated alkanes) is 2. The van der Waals surface area contributed by atoms with Crippen LogP contribution in [0, 0.1) is 0 Å². The van der Waals surface area contributed by atoms with Crippen LogP contribution < -0.4 is 0 Å². The van der Waals surface area contributed by atoms with Gasteiger partial charge in [-0.2, -0.15) is 0 Å². The third kappa shape index (κ3) is 9.83. The molecule has 0 radical (unpaired) electrons. The first-order chi connectivity index (χ1) is 17.7. The summed E-state index contributed by atoms with van der Waals surface area (Å²) in [5.41, 5.74) is 0.921. The van der Waals surface area contributed by atoms with Gasteiger partial charge in [0.25, 0.3) is 0 Å². The minimum absolute atomic E-state index is 0.436. The van der Waals surface area contributed by atoms with E-state index < -0.39 is 55.3 Å². The summed E-state index contributed by atoms with van der Waals surface area (Å²) in [7, 11) is 0. The normalized spacial score (nSPS) is 12.6. The first-order valence-corrected chi connectivity index (χ1v) is 19.0. The predicted molar refractivity (Wildman–Crippen MR) is 139 cm³/mol. The van der Waals surface area contributed by atoms with E-state index >= 15 is 0 Å². The molecule has 8 nitrogen and oxygen atoms in total. The Kier molecular flexibility index (Phi) is 12.6. The molecule has 2 atom stereocenters. The Hall–Kier alpha value is -2.88. The number of esters is 2. The van der Waals surface area contributed by atoms with Crippen molar-refractivity contribution in [3.8, 4) is 0 Å². The number of benzene rings is 2. The molecule has 2 aromatic carbocycles. The Balaban J connectivity index is 2.44. The first kappa shape index (κ1) is 30.3. The van der Waals surface area contributed by atoms with Gasteiger partial charge in [-0.05, 0) is 0 Å². The summed E-state index contributed by atoms with van der Waals surface area (Å²) in [4.78, 5) is 50.6. The minimum atomic E-state index is -4.51. The number of ether oxygens (including phenoxy) is 2. The number of rotatable bonds is 14. The molecule has 0 aliphatic rings. The van der Waals surface area contributed by atoms with Crippen molar-refractivity contribution in [1.82, 2.24) is 0 Å². The second-order valence-corrected chi connectivity index (χ2v) is 18.0. The molecule has 37 heavy (non-hydrogen) atoms. The second kappa shape index (κ2) is 15.4. The molecule has 0 aromatic heterocycles. The van der Waals surface area contributed by atoms with Crippen LogP contribution in [0.3, 0.4) is 0 Å². The van der Waals surface area contributed by atoms with Crippen molar-refractivity contribution in [3.05, 3.63) is 71.8 Å². The Morgan fingerprint density at radius 2 is 1.00 bits per heavy atom. The number of carbonyl (C=O) groups excluding carboxylic acids is 4. The van der Waals surface area contributed by atoms with Gasteiger partial charge in [0.1, 0.15) is 0 Å². The molecule has 0 amide bonds. The molecule has 2 aromatic rings. The summed E-state index contributed by atoms with van der Waals surface area (Å²) in [5.74, 6) is -2.80. The van der Waals surface area contributed by atoms with E-state index in [1.165, 1.54) is 13.8 Å². The SMILES string of the molecule is CCC[CH2][Sn]([CH2]CCC)([O]C(=O)[C@H](OC(C)=O)c1ccccc1)[O]C(=O)[C@H](OC(C)=O)c1ccccc1. The van der Waals surface area contributed by atoms with Gasteiger partial charge in [0.2, 0.25) is 0 Å². The molecule has 0 saturated carbocycles. The molecular weight excluding hydrogens is 583 g/mol. The predicted octanol–water partition coefficient (Wildman–Crippen LogP) is 5.72. The van der Waals surface area contributed by atoms with E-state index in [-0.39, 0.29) is 0 Å². The average Bonchev–Trinajstić information content (AvgIpc) is 2.88. The van der Waals surface area contributed by atoms with Crippen molar-refractivity contribution in [1.29, 1.82) is 0 Å². The van der Waals surface area contributed by atoms with Crippen LogP contribution in [-0.2, 0) is 34.8 Å². The van der Waals surface area contributed by atoms with Crippen molar-refractivity contribution >= 4 is 43.1 Å². The molecule has 0 bridgehead atoms. The number of hydrogen-bond donors (Lipinski definition) is 0. The van der Waals surface area contributed by atoms with Gasteiger partial charge in [-0.3, -0.25) is 0 Å². The van der Waals surface area contributed by atoms with E-state index in [0.29, 0.717) is 32.8 Å². The third-order valence-corrected chi connectivity index (χ3v) is 15.2. The van der Waals surface area contributed by atoms with Crippen molar-refractivity contribution in [2.45, 2.75) is 74.5 Å². The van der Waals surface area contributed by atoms with Crippen molar-refractivity contribution in [2.24, 2.45) is 0 Å². The molecule has 0 fully saturated rings. The summed E-state index contributed by atoms with van der Waals surface area (Å²) < 4.78 is 23.8. The van der Waals surface area contributed by atoms with Crippen LogP contribution in [0.2, 0.25) is 8.87 Å². The topological polar surface area (TPSA) is 105 Å². The van der Waals surface area contributed by atoms with E-state index in [1.54, 1.807) is 60.7 Å². The van der Waals surface area contributed by atoms with E-state index in [2.05, 4.69) is 0 Å². The fraction of sp³-hybridized carbons (Fsp3) is 0.429. The van der Waals surface area contributed by atoms with Gasteiger partial charge in [0.15, 0.2) is 0 Å². The average molecular weight is 619 g/mol. The van der Waals surface area contributed by atoms with E-state index in [1.807, 2.05) is 13.8 Å². The third-order valence-electron chi connectivity index (χ3n) is 5.60. The van der Waals surface area contributed by atoms with Crippen LogP contribution in [-0.4, -0.2) is 43.1 Å². The van der Waals surface area contributed by atoms with Crippen LogP contribution in [0.1, 0.15) is 76.7 Å². The Morgan fingerprint density at radius 1 is 0.649 bits per heavy atom. The zero-order chi connectivity index (χ0) is 27.3. The van der Waals surface area contributed by atoms with Crippen LogP contribution in [0.25, 0.3) is 0 Å². The Morgan fingerprint density at radius 3 is 1.30 bits per heavy atom. The van der Waals surface area contributed by atoms with Gasteiger partial charge in [-0.15, -0.1) is 0 Å². The first-order valence-electron chi connectivity index (χ1n) is 12.6. The summed E-state index contributed by atoms with van der Waals surface area (Å²) in [6.45, 7) is 6.43. The standard InChI is InChI=1S/2C10H10O4.2C4H9.Sn/c2*1-7(11)14-9(10(12)13)8-5-3-2-4-6-8;2*1-3-4-2;/h2*2-6,9H,1H3,(H,12,13);2*1,3-4H2,2H3;/q;;;;+2/p-2/t2*9-;;;/m11.../s1. The van der Waals surface area contributed by atoms with Crippen LogP contribution >= 0.6 is 0 Å². The zero-order valence-corrected chi connectivity index (χ0v) is 24.8. The summed E-state index contributed by atoms with van der Waals surface area (Å²) in [6, 6.07) is 17.2. The summed E-state index contributed by atoms with van der Waals surface area (Å²) in [6.07, 6.45) is 0.419. The molecule has 200 valence electrons. The molecule has 9 heteroatoms. The molecule has 0 aliphatic heterocycles. The quantitative estimate of drug-likeness (QED) is 0.195. The number of carbonyl (C=O) groups is 4. The maximum absolute atomic E-state index is 13.5. The molecular formula is C28H36O8Sn. The Labute approximate surface area is 223 Å². The molecule has 0 N–H and O–H groups in total. The van der Waals surface area contributed by atoms with Crippen LogP contribution in [0.5, 0.6) is 0 Å². The molecule has 0 aliphatic carbocycles. The van der Waals surface area contributed by atoms with Gasteiger partial charge in [-0.25, -0.2) is 0 Å². The molecule has 0 unspecified atom stereocenters. The zero-order valence-electron chi connectivity index (χ0n) is 21.9. The second-order valence-electron chi connectivity index (χ2n) is 8.76. The molecule has 0 spiro atoms. The fourth-order valence-electron chi connectivity index (χ4n) is 3.81. The Bertz CT molecular complexity index is 941. The van der Waals surface area contributed by atoms with Crippen molar-refractivity contribution < 1.29 is 34.8 Å². The summed E-state index contributed by atoms with van der Waals surface area (Å²) in [5, 5.41) is 0. The van der Waals surface area contributed by atoms with Gasteiger partial charge in [0.05, 0.1) is 0 Å². The van der Waals surface area contributed by atoms with E-state index in [4.69, 9.17) is 15.6 Å². The van der Waals surface area contributed by atoms with E-state index in [9.17, 15) is 19.2 Å². The van der Waals surface area contributed by atoms with E-state index in [0.717, 1.165) is 12.8 Å².